The van der Waals surface area contributed by atoms with Crippen molar-refractivity contribution in [1.29, 1.82) is 0 Å². The molecule has 1 amide bonds. The molecule has 0 unspecified atom stereocenters. The molecule has 24 heavy (non-hydrogen) atoms. The van der Waals surface area contributed by atoms with Crippen LogP contribution in [0.15, 0.2) is 65.8 Å². The Balaban J connectivity index is 2.01. The Labute approximate surface area is 141 Å². The largest absolute Gasteiger partial charge is 0.355 e. The smallest absolute Gasteiger partial charge is 0.276 e. The molecule has 1 aliphatic heterocycles. The molecule has 0 radical (unpaired) electrons. The van der Waals surface area contributed by atoms with Gasteiger partial charge in [-0.15, -0.1) is 0 Å². The third-order valence-electron chi connectivity index (χ3n) is 4.06. The average Bonchev–Trinajstić information content (AvgIpc) is 2.93. The average molecular weight is 321 g/mol. The highest BCUT2D eigenvalue weighted by Gasteiger charge is 2.49. The van der Waals surface area contributed by atoms with Crippen LogP contribution >= 0.6 is 0 Å². The van der Waals surface area contributed by atoms with Gasteiger partial charge in [0.05, 0.1) is 0 Å². The van der Waals surface area contributed by atoms with Gasteiger partial charge in [0.1, 0.15) is 0 Å². The number of carbonyl (C=O) groups excluding carboxylic acids is 2. The van der Waals surface area contributed by atoms with Crippen molar-refractivity contribution in [3.8, 4) is 0 Å². The second-order valence-electron chi connectivity index (χ2n) is 5.90. The first kappa shape index (κ1) is 15.9. The Morgan fingerprint density at radius 1 is 1.04 bits per heavy atom. The molecule has 5 heteroatoms. The standard InChI is InChI=1S/C19H19N3O2/c1-14-13-19(15(2)23,20-17-11-7-4-8-12-17)22(21-14)18(24)16-9-5-3-6-10-16/h3-12,20H,13H2,1-2H3/t19-/m1/s1. The summed E-state index contributed by atoms with van der Waals surface area (Å²) in [5.41, 5.74) is 0.802. The molecule has 5 nitrogen and oxygen atoms in total. The van der Waals surface area contributed by atoms with Gasteiger partial charge < -0.3 is 5.32 Å². The Morgan fingerprint density at radius 2 is 1.62 bits per heavy atom. The monoisotopic (exact) mass is 321 g/mol. The van der Waals surface area contributed by atoms with Crippen LogP contribution in [0.4, 0.5) is 5.69 Å². The van der Waals surface area contributed by atoms with E-state index in [2.05, 4.69) is 10.4 Å². The molecule has 0 aliphatic carbocycles. The maximum atomic E-state index is 12.9. The fourth-order valence-electron chi connectivity index (χ4n) is 2.88. The molecule has 2 aromatic carbocycles. The molecule has 1 aliphatic rings. The fraction of sp³-hybridized carbons (Fsp3) is 0.211. The number of benzene rings is 2. The molecule has 0 saturated carbocycles. The van der Waals surface area contributed by atoms with Gasteiger partial charge in [-0.25, -0.2) is 0 Å². The number of para-hydroxylation sites is 1. The molecule has 2 aromatic rings. The van der Waals surface area contributed by atoms with Gasteiger partial charge >= 0.3 is 0 Å². The summed E-state index contributed by atoms with van der Waals surface area (Å²) in [6.45, 7) is 3.30. The van der Waals surface area contributed by atoms with E-state index >= 15 is 0 Å². The quantitative estimate of drug-likeness (QED) is 0.940. The van der Waals surface area contributed by atoms with Crippen molar-refractivity contribution < 1.29 is 9.59 Å². The molecule has 1 atom stereocenters. The van der Waals surface area contributed by atoms with Crippen LogP contribution in [-0.4, -0.2) is 28.1 Å². The van der Waals surface area contributed by atoms with E-state index < -0.39 is 5.66 Å². The number of Topliss-reactive ketones (excluding diaryl/α,β-unsaturated/α-hetero) is 1. The lowest BCUT2D eigenvalue weighted by Gasteiger charge is -2.35. The topological polar surface area (TPSA) is 61.8 Å². The van der Waals surface area contributed by atoms with Gasteiger partial charge in [-0.1, -0.05) is 36.4 Å². The van der Waals surface area contributed by atoms with Crippen LogP contribution in [0, 0.1) is 0 Å². The lowest BCUT2D eigenvalue weighted by atomic mass is 9.98. The van der Waals surface area contributed by atoms with Crippen LogP contribution in [0.2, 0.25) is 0 Å². The number of nitrogens with zero attached hydrogens (tertiary/aromatic N) is 2. The predicted molar refractivity (Wildman–Crippen MR) is 93.8 cm³/mol. The van der Waals surface area contributed by atoms with Crippen LogP contribution in [0.5, 0.6) is 0 Å². The molecule has 122 valence electrons. The highest BCUT2D eigenvalue weighted by Crippen LogP contribution is 2.32. The molecule has 0 aromatic heterocycles. The molecule has 1 N–H and O–H groups in total. The summed E-state index contributed by atoms with van der Waals surface area (Å²) in [7, 11) is 0. The summed E-state index contributed by atoms with van der Waals surface area (Å²) in [4.78, 5) is 25.5. The number of hydrogen-bond acceptors (Lipinski definition) is 4. The first-order chi connectivity index (χ1) is 11.5. The normalized spacial score (nSPS) is 19.8. The van der Waals surface area contributed by atoms with E-state index in [1.807, 2.05) is 43.3 Å². The summed E-state index contributed by atoms with van der Waals surface area (Å²) >= 11 is 0. The third kappa shape index (κ3) is 2.80. The van der Waals surface area contributed by atoms with Gasteiger partial charge in [0.15, 0.2) is 11.4 Å². The number of ketones is 1. The number of nitrogens with one attached hydrogen (secondary N) is 1. The molecular formula is C19H19N3O2. The van der Waals surface area contributed by atoms with Crippen molar-refractivity contribution in [1.82, 2.24) is 5.01 Å². The van der Waals surface area contributed by atoms with E-state index in [9.17, 15) is 9.59 Å². The van der Waals surface area contributed by atoms with Crippen LogP contribution in [-0.2, 0) is 4.79 Å². The number of hydrazone groups is 1. The highest BCUT2D eigenvalue weighted by molar-refractivity contribution is 6.05. The number of anilines is 1. The minimum atomic E-state index is -1.20. The Hall–Kier alpha value is -2.95. The van der Waals surface area contributed by atoms with Gasteiger partial charge in [0.2, 0.25) is 0 Å². The van der Waals surface area contributed by atoms with Crippen molar-refractivity contribution in [3.63, 3.8) is 0 Å². The number of amides is 1. The van der Waals surface area contributed by atoms with E-state index in [1.165, 1.54) is 11.9 Å². The zero-order chi connectivity index (χ0) is 17.2. The van der Waals surface area contributed by atoms with Crippen LogP contribution in [0.25, 0.3) is 0 Å². The molecule has 1 heterocycles. The second-order valence-corrected chi connectivity index (χ2v) is 5.90. The maximum Gasteiger partial charge on any atom is 0.276 e. The SMILES string of the molecule is CC(=O)[C@@]1(Nc2ccccc2)CC(C)=NN1C(=O)c1ccccc1. The van der Waals surface area contributed by atoms with E-state index in [4.69, 9.17) is 0 Å². The summed E-state index contributed by atoms with van der Waals surface area (Å²) in [5.74, 6) is -0.456. The van der Waals surface area contributed by atoms with Crippen LogP contribution in [0.3, 0.4) is 0 Å². The lowest BCUT2D eigenvalue weighted by molar-refractivity contribution is -0.125. The number of rotatable bonds is 4. The Kier molecular flexibility index (Phi) is 4.16. The highest BCUT2D eigenvalue weighted by atomic mass is 16.2. The minimum absolute atomic E-state index is 0.156. The predicted octanol–water partition coefficient (Wildman–Crippen LogP) is 3.31. The molecule has 0 bridgehead atoms. The Bertz CT molecular complexity index is 787. The second kappa shape index (κ2) is 6.28. The number of carbonyl (C=O) groups is 2. The Morgan fingerprint density at radius 3 is 2.21 bits per heavy atom. The molecular weight excluding hydrogens is 302 g/mol. The fourth-order valence-corrected chi connectivity index (χ4v) is 2.88. The van der Waals surface area contributed by atoms with Crippen LogP contribution in [0.1, 0.15) is 30.6 Å². The summed E-state index contributed by atoms with van der Waals surface area (Å²) < 4.78 is 0. The van der Waals surface area contributed by atoms with Gasteiger partial charge in [0, 0.05) is 23.4 Å². The summed E-state index contributed by atoms with van der Waals surface area (Å²) in [6, 6.07) is 18.2. The molecule has 3 rings (SSSR count). The zero-order valence-corrected chi connectivity index (χ0v) is 13.7. The van der Waals surface area contributed by atoms with Gasteiger partial charge in [0.25, 0.3) is 5.91 Å². The van der Waals surface area contributed by atoms with Crippen molar-refractivity contribution in [3.05, 3.63) is 66.2 Å². The molecule has 0 spiro atoms. The van der Waals surface area contributed by atoms with Crippen molar-refractivity contribution in [2.75, 3.05) is 5.32 Å². The third-order valence-corrected chi connectivity index (χ3v) is 4.06. The van der Waals surface area contributed by atoms with E-state index in [1.54, 1.807) is 24.3 Å². The van der Waals surface area contributed by atoms with E-state index in [0.717, 1.165) is 11.4 Å². The van der Waals surface area contributed by atoms with Crippen molar-refractivity contribution >= 4 is 23.1 Å². The van der Waals surface area contributed by atoms with E-state index in [-0.39, 0.29) is 11.7 Å². The minimum Gasteiger partial charge on any atom is -0.355 e. The molecule has 0 fully saturated rings. The first-order valence-corrected chi connectivity index (χ1v) is 7.81. The summed E-state index contributed by atoms with van der Waals surface area (Å²) in [6.07, 6.45) is 0.357. The first-order valence-electron chi connectivity index (χ1n) is 7.81. The zero-order valence-electron chi connectivity index (χ0n) is 13.7. The van der Waals surface area contributed by atoms with Gasteiger partial charge in [-0.05, 0) is 38.1 Å². The van der Waals surface area contributed by atoms with Crippen molar-refractivity contribution in [2.24, 2.45) is 5.10 Å². The van der Waals surface area contributed by atoms with E-state index in [0.29, 0.717) is 12.0 Å². The lowest BCUT2D eigenvalue weighted by Crippen LogP contribution is -2.57. The maximum absolute atomic E-state index is 12.9. The van der Waals surface area contributed by atoms with Gasteiger partial charge in [-0.3, -0.25) is 9.59 Å². The molecule has 0 saturated heterocycles. The van der Waals surface area contributed by atoms with Crippen molar-refractivity contribution in [2.45, 2.75) is 25.9 Å². The number of hydrogen-bond donors (Lipinski definition) is 1. The van der Waals surface area contributed by atoms with Gasteiger partial charge in [-0.2, -0.15) is 10.1 Å². The summed E-state index contributed by atoms with van der Waals surface area (Å²) in [5, 5.41) is 8.86. The van der Waals surface area contributed by atoms with Crippen LogP contribution < -0.4 is 5.32 Å².